The van der Waals surface area contributed by atoms with Crippen molar-refractivity contribution in [2.45, 2.75) is 26.0 Å². The van der Waals surface area contributed by atoms with Crippen LogP contribution in [0.3, 0.4) is 0 Å². The molecule has 0 aromatic heterocycles. The van der Waals surface area contributed by atoms with Crippen LogP contribution in [-0.2, 0) is 4.79 Å². The topological polar surface area (TPSA) is 64.3 Å². The number of nitrogens with one attached hydrogen (secondary N) is 1. The average Bonchev–Trinajstić information content (AvgIpc) is 2.35. The van der Waals surface area contributed by atoms with Gasteiger partial charge in [-0.1, -0.05) is 28.1 Å². The number of carbonyl (C=O) groups is 1. The first-order chi connectivity index (χ1) is 8.95. The summed E-state index contributed by atoms with van der Waals surface area (Å²) in [5.41, 5.74) is 6.75. The molecule has 0 aliphatic rings. The Balaban J connectivity index is 2.83. The van der Waals surface area contributed by atoms with Crippen molar-refractivity contribution in [2.75, 3.05) is 6.54 Å². The number of rotatable bonds is 6. The first-order valence-electron chi connectivity index (χ1n) is 6.06. The van der Waals surface area contributed by atoms with Gasteiger partial charge in [0, 0.05) is 22.6 Å². The van der Waals surface area contributed by atoms with E-state index < -0.39 is 6.10 Å². The summed E-state index contributed by atoms with van der Waals surface area (Å²) in [6.07, 6.45) is 1.03. The summed E-state index contributed by atoms with van der Waals surface area (Å²) in [6.45, 7) is 7.54. The second-order valence-electron chi connectivity index (χ2n) is 4.26. The lowest BCUT2D eigenvalue weighted by atomic mass is 10.1. The number of hydrogen-bond acceptors (Lipinski definition) is 3. The maximum atomic E-state index is 11.7. The lowest BCUT2D eigenvalue weighted by molar-refractivity contribution is -0.127. The molecule has 19 heavy (non-hydrogen) atoms. The Hall–Kier alpha value is -1.33. The highest BCUT2D eigenvalue weighted by atomic mass is 79.9. The number of ether oxygens (including phenoxy) is 1. The summed E-state index contributed by atoms with van der Waals surface area (Å²) in [5, 5.41) is 2.69. The molecule has 4 nitrogen and oxygen atoms in total. The van der Waals surface area contributed by atoms with Gasteiger partial charge in [0.1, 0.15) is 5.75 Å². The van der Waals surface area contributed by atoms with Gasteiger partial charge in [-0.2, -0.15) is 0 Å². The molecule has 2 atom stereocenters. The highest BCUT2D eigenvalue weighted by molar-refractivity contribution is 9.10. The molecular weight excluding hydrogens is 308 g/mol. The molecule has 0 aliphatic heterocycles. The minimum atomic E-state index is -0.591. The van der Waals surface area contributed by atoms with Crippen LogP contribution in [0, 0.1) is 0 Å². The molecule has 0 saturated heterocycles. The van der Waals surface area contributed by atoms with Gasteiger partial charge in [-0.3, -0.25) is 4.79 Å². The fourth-order valence-electron chi connectivity index (χ4n) is 1.55. The van der Waals surface area contributed by atoms with Gasteiger partial charge in [0.15, 0.2) is 6.10 Å². The number of carbonyl (C=O) groups excluding carboxylic acids is 1. The summed E-state index contributed by atoms with van der Waals surface area (Å²) in [6, 6.07) is 5.44. The number of benzene rings is 1. The van der Waals surface area contributed by atoms with Gasteiger partial charge in [-0.05, 0) is 26.0 Å². The van der Waals surface area contributed by atoms with Gasteiger partial charge < -0.3 is 15.8 Å². The van der Waals surface area contributed by atoms with Crippen molar-refractivity contribution >= 4 is 21.8 Å². The van der Waals surface area contributed by atoms with E-state index in [1.165, 1.54) is 0 Å². The first-order valence-corrected chi connectivity index (χ1v) is 6.85. The summed E-state index contributed by atoms with van der Waals surface area (Å²) in [5.74, 6) is 0.432. The van der Waals surface area contributed by atoms with E-state index in [-0.39, 0.29) is 11.9 Å². The van der Waals surface area contributed by atoms with Crippen molar-refractivity contribution < 1.29 is 9.53 Å². The van der Waals surface area contributed by atoms with Crippen molar-refractivity contribution in [1.29, 1.82) is 0 Å². The van der Waals surface area contributed by atoms with Gasteiger partial charge in [0.2, 0.25) is 0 Å². The van der Waals surface area contributed by atoms with Crippen LogP contribution < -0.4 is 15.8 Å². The molecule has 1 aromatic carbocycles. The largest absolute Gasteiger partial charge is 0.481 e. The predicted octanol–water partition coefficient (Wildman–Crippen LogP) is 2.54. The zero-order valence-corrected chi connectivity index (χ0v) is 12.7. The Morgan fingerprint density at radius 2 is 2.26 bits per heavy atom. The van der Waals surface area contributed by atoms with Crippen LogP contribution in [0.4, 0.5) is 0 Å². The monoisotopic (exact) mass is 326 g/mol. The Kier molecular flexibility index (Phi) is 6.05. The molecule has 1 aromatic rings. The molecule has 0 radical (unpaired) electrons. The molecular formula is C14H19BrN2O2. The first kappa shape index (κ1) is 15.7. The van der Waals surface area contributed by atoms with E-state index in [0.717, 1.165) is 10.0 Å². The third kappa shape index (κ3) is 4.69. The maximum absolute atomic E-state index is 11.7. The van der Waals surface area contributed by atoms with Crippen LogP contribution in [0.2, 0.25) is 0 Å². The zero-order valence-electron chi connectivity index (χ0n) is 11.2. The van der Waals surface area contributed by atoms with Crippen LogP contribution in [0.15, 0.2) is 35.3 Å². The van der Waals surface area contributed by atoms with E-state index >= 15 is 0 Å². The number of nitrogens with two attached hydrogens (primary N) is 1. The van der Waals surface area contributed by atoms with E-state index in [4.69, 9.17) is 10.5 Å². The van der Waals surface area contributed by atoms with E-state index in [1.54, 1.807) is 13.0 Å². The SMILES string of the molecule is C=CCNC(=O)C(C)Oc1cc(Br)ccc1[C@H](C)N. The third-order valence-corrected chi connectivity index (χ3v) is 3.05. The van der Waals surface area contributed by atoms with Crippen molar-refractivity contribution in [3.8, 4) is 5.75 Å². The van der Waals surface area contributed by atoms with Crippen LogP contribution >= 0.6 is 15.9 Å². The Morgan fingerprint density at radius 3 is 2.84 bits per heavy atom. The van der Waals surface area contributed by atoms with E-state index in [9.17, 15) is 4.79 Å². The summed E-state index contributed by atoms with van der Waals surface area (Å²) >= 11 is 3.38. The fraction of sp³-hybridized carbons (Fsp3) is 0.357. The van der Waals surface area contributed by atoms with Crippen molar-refractivity contribution in [3.05, 3.63) is 40.9 Å². The molecule has 0 bridgehead atoms. The lowest BCUT2D eigenvalue weighted by Crippen LogP contribution is -2.36. The highest BCUT2D eigenvalue weighted by Crippen LogP contribution is 2.28. The van der Waals surface area contributed by atoms with Crippen LogP contribution in [0.25, 0.3) is 0 Å². The summed E-state index contributed by atoms with van der Waals surface area (Å²) < 4.78 is 6.57. The number of amides is 1. The molecule has 1 unspecified atom stereocenters. The smallest absolute Gasteiger partial charge is 0.261 e. The van der Waals surface area contributed by atoms with E-state index in [1.807, 2.05) is 25.1 Å². The van der Waals surface area contributed by atoms with E-state index in [0.29, 0.717) is 12.3 Å². The molecule has 0 spiro atoms. The molecule has 5 heteroatoms. The summed E-state index contributed by atoms with van der Waals surface area (Å²) in [4.78, 5) is 11.7. The minimum Gasteiger partial charge on any atom is -0.481 e. The van der Waals surface area contributed by atoms with Crippen LogP contribution in [0.5, 0.6) is 5.75 Å². The molecule has 3 N–H and O–H groups in total. The van der Waals surface area contributed by atoms with Gasteiger partial charge in [-0.25, -0.2) is 0 Å². The van der Waals surface area contributed by atoms with Gasteiger partial charge >= 0.3 is 0 Å². The standard InChI is InChI=1S/C14H19BrN2O2/c1-4-7-17-14(18)10(3)19-13-8-11(15)5-6-12(13)9(2)16/h4-6,8-10H,1,7,16H2,2-3H3,(H,17,18)/t9-,10?/m0/s1. The van der Waals surface area contributed by atoms with Crippen molar-refractivity contribution in [3.63, 3.8) is 0 Å². The Labute approximate surface area is 122 Å². The summed E-state index contributed by atoms with van der Waals surface area (Å²) in [7, 11) is 0. The van der Waals surface area contributed by atoms with Gasteiger partial charge in [0.05, 0.1) is 0 Å². The molecule has 0 fully saturated rings. The van der Waals surface area contributed by atoms with Crippen molar-refractivity contribution in [2.24, 2.45) is 5.73 Å². The molecule has 0 saturated carbocycles. The molecule has 104 valence electrons. The Bertz CT molecular complexity index is 461. The predicted molar refractivity (Wildman–Crippen MR) is 80.0 cm³/mol. The highest BCUT2D eigenvalue weighted by Gasteiger charge is 2.17. The second-order valence-corrected chi connectivity index (χ2v) is 5.18. The number of halogens is 1. The quantitative estimate of drug-likeness (QED) is 0.789. The van der Waals surface area contributed by atoms with Crippen LogP contribution in [0.1, 0.15) is 25.5 Å². The third-order valence-electron chi connectivity index (χ3n) is 2.56. The minimum absolute atomic E-state index is 0.161. The molecule has 1 amide bonds. The average molecular weight is 327 g/mol. The Morgan fingerprint density at radius 1 is 1.58 bits per heavy atom. The molecule has 0 aliphatic carbocycles. The maximum Gasteiger partial charge on any atom is 0.261 e. The molecule has 1 rings (SSSR count). The van der Waals surface area contributed by atoms with Crippen molar-refractivity contribution in [1.82, 2.24) is 5.32 Å². The second kappa shape index (κ2) is 7.31. The normalized spacial score (nSPS) is 13.5. The zero-order chi connectivity index (χ0) is 14.4. The molecule has 0 heterocycles. The number of hydrogen-bond donors (Lipinski definition) is 2. The lowest BCUT2D eigenvalue weighted by Gasteiger charge is -2.18. The van der Waals surface area contributed by atoms with Gasteiger partial charge in [-0.15, -0.1) is 6.58 Å². The van der Waals surface area contributed by atoms with Gasteiger partial charge in [0.25, 0.3) is 5.91 Å². The fourth-order valence-corrected chi connectivity index (χ4v) is 1.89. The van der Waals surface area contributed by atoms with Crippen LogP contribution in [-0.4, -0.2) is 18.6 Å². The van der Waals surface area contributed by atoms with E-state index in [2.05, 4.69) is 27.8 Å².